The van der Waals surface area contributed by atoms with E-state index in [2.05, 4.69) is 0 Å². The van der Waals surface area contributed by atoms with Crippen LogP contribution in [0.15, 0.2) is 18.2 Å². The summed E-state index contributed by atoms with van der Waals surface area (Å²) in [5, 5.41) is 10.0. The number of anilines is 2. The van der Waals surface area contributed by atoms with E-state index in [1.807, 2.05) is 0 Å². The molecule has 0 fully saturated rings. The maximum absolute atomic E-state index is 10.0. The van der Waals surface area contributed by atoms with Gasteiger partial charge in [0.05, 0.1) is 11.7 Å². The molecule has 0 atom stereocenters. The second kappa shape index (κ2) is 5.74. The molecule has 1 aromatic rings. The molecule has 1 aromatic carbocycles. The molecule has 0 spiro atoms. The third-order valence-corrected chi connectivity index (χ3v) is 1.38. The minimum absolute atomic E-state index is 0. The Bertz CT molecular complexity index is 330. The van der Waals surface area contributed by atoms with Crippen LogP contribution in [0.3, 0.4) is 0 Å². The number of benzene rings is 1. The number of carboxylic acid groups (broad SMARTS) is 1. The van der Waals surface area contributed by atoms with Gasteiger partial charge in [-0.05, 0) is 18.2 Å². The van der Waals surface area contributed by atoms with Gasteiger partial charge >= 0.3 is 29.6 Å². The Labute approximate surface area is 103 Å². The van der Waals surface area contributed by atoms with Crippen LogP contribution in [-0.2, 0) is 4.79 Å². The SMILES string of the molecule is Nc1ccc(OCC(=O)[O-])c(N)c1.[Na+]. The Morgan fingerprint density at radius 2 is 2.07 bits per heavy atom. The standard InChI is InChI=1S/C8H10N2O3.Na/c9-5-1-2-7(6(10)3-5)13-4-8(11)12;/h1-3H,4,9-10H2,(H,11,12);/q;+1/p-1. The monoisotopic (exact) mass is 204 g/mol. The van der Waals surface area contributed by atoms with Crippen LogP contribution in [0.4, 0.5) is 11.4 Å². The Kier molecular flexibility index (Phi) is 5.37. The minimum Gasteiger partial charge on any atom is -0.546 e. The fraction of sp³-hybridized carbons (Fsp3) is 0.125. The van der Waals surface area contributed by atoms with E-state index >= 15 is 0 Å². The number of carbonyl (C=O) groups excluding carboxylic acids is 1. The zero-order chi connectivity index (χ0) is 9.84. The molecule has 5 nitrogen and oxygen atoms in total. The first-order valence-corrected chi connectivity index (χ1v) is 3.57. The molecule has 0 aromatic heterocycles. The fourth-order valence-electron chi connectivity index (χ4n) is 0.835. The molecule has 0 amide bonds. The number of nitrogens with two attached hydrogens (primary N) is 2. The summed E-state index contributed by atoms with van der Waals surface area (Å²) in [6.45, 7) is -0.520. The third kappa shape index (κ3) is 3.87. The molecule has 0 heterocycles. The summed E-state index contributed by atoms with van der Waals surface area (Å²) in [6, 6.07) is 4.57. The molecule has 70 valence electrons. The van der Waals surface area contributed by atoms with E-state index in [1.54, 1.807) is 6.07 Å². The predicted molar refractivity (Wildman–Crippen MR) is 45.8 cm³/mol. The van der Waals surface area contributed by atoms with Crippen molar-refractivity contribution < 1.29 is 44.2 Å². The Morgan fingerprint density at radius 1 is 1.43 bits per heavy atom. The summed E-state index contributed by atoms with van der Waals surface area (Å²) in [6.07, 6.45) is 0. The van der Waals surface area contributed by atoms with Gasteiger partial charge in [-0.25, -0.2) is 0 Å². The summed E-state index contributed by atoms with van der Waals surface area (Å²) in [5.74, 6) is -1.00. The predicted octanol–water partition coefficient (Wildman–Crippen LogP) is -4.02. The van der Waals surface area contributed by atoms with Crippen molar-refractivity contribution >= 4 is 17.3 Å². The van der Waals surface area contributed by atoms with Gasteiger partial charge in [0.15, 0.2) is 0 Å². The second-order valence-electron chi connectivity index (χ2n) is 2.46. The zero-order valence-corrected chi connectivity index (χ0v) is 9.82. The van der Waals surface area contributed by atoms with Gasteiger partial charge in [-0.1, -0.05) is 0 Å². The van der Waals surface area contributed by atoms with Crippen molar-refractivity contribution in [1.82, 2.24) is 0 Å². The number of hydrogen-bond acceptors (Lipinski definition) is 5. The summed E-state index contributed by atoms with van der Waals surface area (Å²) in [4.78, 5) is 10.0. The smallest absolute Gasteiger partial charge is 0.546 e. The number of nitrogen functional groups attached to an aromatic ring is 2. The average Bonchev–Trinajstić information content (AvgIpc) is 2.02. The number of carbonyl (C=O) groups is 1. The molecule has 1 rings (SSSR count). The number of carboxylic acids is 1. The number of hydrogen-bond donors (Lipinski definition) is 2. The van der Waals surface area contributed by atoms with Crippen molar-refractivity contribution in [3.63, 3.8) is 0 Å². The molecular weight excluding hydrogens is 195 g/mol. The van der Waals surface area contributed by atoms with Gasteiger partial charge in [0, 0.05) is 5.69 Å². The van der Waals surface area contributed by atoms with E-state index in [0.717, 1.165) is 0 Å². The van der Waals surface area contributed by atoms with Gasteiger partial charge in [-0.3, -0.25) is 0 Å². The van der Waals surface area contributed by atoms with E-state index in [4.69, 9.17) is 16.2 Å². The molecule has 0 aliphatic rings. The summed E-state index contributed by atoms with van der Waals surface area (Å²) in [7, 11) is 0. The van der Waals surface area contributed by atoms with E-state index in [0.29, 0.717) is 17.1 Å². The van der Waals surface area contributed by atoms with Gasteiger partial charge in [-0.15, -0.1) is 0 Å². The molecule has 0 bridgehead atoms. The van der Waals surface area contributed by atoms with E-state index < -0.39 is 12.6 Å². The fourth-order valence-corrected chi connectivity index (χ4v) is 0.835. The van der Waals surface area contributed by atoms with Crippen molar-refractivity contribution in [1.29, 1.82) is 0 Å². The topological polar surface area (TPSA) is 101 Å². The van der Waals surface area contributed by atoms with Crippen molar-refractivity contribution in [2.24, 2.45) is 0 Å². The van der Waals surface area contributed by atoms with Crippen LogP contribution in [0.2, 0.25) is 0 Å². The van der Waals surface area contributed by atoms with Crippen molar-refractivity contribution in [2.45, 2.75) is 0 Å². The largest absolute Gasteiger partial charge is 1.00 e. The molecule has 0 saturated heterocycles. The summed E-state index contributed by atoms with van der Waals surface area (Å²) < 4.78 is 4.81. The van der Waals surface area contributed by atoms with Gasteiger partial charge in [0.1, 0.15) is 12.4 Å². The summed E-state index contributed by atoms with van der Waals surface area (Å²) in [5.41, 5.74) is 11.7. The Morgan fingerprint density at radius 3 is 2.57 bits per heavy atom. The normalized spacial score (nSPS) is 8.86. The van der Waals surface area contributed by atoms with Gasteiger partial charge in [0.2, 0.25) is 0 Å². The molecule has 4 N–H and O–H groups in total. The van der Waals surface area contributed by atoms with Gasteiger partial charge < -0.3 is 26.1 Å². The van der Waals surface area contributed by atoms with Crippen LogP contribution in [0.1, 0.15) is 0 Å². The van der Waals surface area contributed by atoms with Crippen LogP contribution in [0.5, 0.6) is 5.75 Å². The van der Waals surface area contributed by atoms with Crippen LogP contribution < -0.4 is 50.9 Å². The van der Waals surface area contributed by atoms with Crippen LogP contribution in [0, 0.1) is 0 Å². The van der Waals surface area contributed by atoms with Crippen molar-refractivity contribution in [2.75, 3.05) is 18.1 Å². The zero-order valence-electron chi connectivity index (χ0n) is 7.82. The molecule has 14 heavy (non-hydrogen) atoms. The maximum atomic E-state index is 10.0. The Balaban J connectivity index is 0.00000169. The van der Waals surface area contributed by atoms with Crippen molar-refractivity contribution in [3.8, 4) is 5.75 Å². The first-order chi connectivity index (χ1) is 6.09. The van der Waals surface area contributed by atoms with Crippen LogP contribution in [0.25, 0.3) is 0 Å². The van der Waals surface area contributed by atoms with E-state index in [9.17, 15) is 9.90 Å². The molecule has 0 radical (unpaired) electrons. The van der Waals surface area contributed by atoms with Crippen LogP contribution in [-0.4, -0.2) is 12.6 Å². The molecule has 0 aliphatic carbocycles. The second-order valence-corrected chi connectivity index (χ2v) is 2.46. The van der Waals surface area contributed by atoms with E-state index in [1.165, 1.54) is 12.1 Å². The maximum Gasteiger partial charge on any atom is 1.00 e. The molecule has 0 unspecified atom stereocenters. The first-order valence-electron chi connectivity index (χ1n) is 3.57. The summed E-state index contributed by atoms with van der Waals surface area (Å²) >= 11 is 0. The number of aliphatic carboxylic acids is 1. The molecular formula is C8H9N2NaO3. The Hall–Kier alpha value is -0.910. The molecule has 6 heteroatoms. The van der Waals surface area contributed by atoms with Crippen LogP contribution >= 0.6 is 0 Å². The third-order valence-electron chi connectivity index (χ3n) is 1.38. The quantitative estimate of drug-likeness (QED) is 0.386. The molecule has 0 saturated carbocycles. The minimum atomic E-state index is -1.30. The molecule has 0 aliphatic heterocycles. The van der Waals surface area contributed by atoms with E-state index in [-0.39, 0.29) is 29.6 Å². The van der Waals surface area contributed by atoms with Gasteiger partial charge in [-0.2, -0.15) is 0 Å². The average molecular weight is 204 g/mol. The first kappa shape index (κ1) is 13.1. The number of ether oxygens (including phenoxy) is 1. The van der Waals surface area contributed by atoms with Crippen molar-refractivity contribution in [3.05, 3.63) is 18.2 Å². The number of rotatable bonds is 3. The van der Waals surface area contributed by atoms with Gasteiger partial charge in [0.25, 0.3) is 0 Å².